The topological polar surface area (TPSA) is 117 Å². The largest absolute Gasteiger partial charge is 1.00 e. The van der Waals surface area contributed by atoms with Gasteiger partial charge in [-0.25, -0.2) is 13.2 Å². The Morgan fingerprint density at radius 2 is 1.68 bits per heavy atom. The van der Waals surface area contributed by atoms with Crippen LogP contribution in [0.2, 0.25) is 0 Å². The fraction of sp³-hybridized carbons (Fsp3) is 0.167. The molecule has 0 aliphatic heterocycles. The number of hydrogen-bond donors (Lipinski definition) is 2. The van der Waals surface area contributed by atoms with E-state index in [9.17, 15) is 23.1 Å². The summed E-state index contributed by atoms with van der Waals surface area (Å²) in [6, 6.07) is 24.7. The Bertz CT molecular complexity index is 1560. The summed E-state index contributed by atoms with van der Waals surface area (Å²) >= 11 is 1.49. The van der Waals surface area contributed by atoms with E-state index in [1.54, 1.807) is 42.6 Å². The predicted octanol–water partition coefficient (Wildman–Crippen LogP) is 2.20. The summed E-state index contributed by atoms with van der Waals surface area (Å²) in [5.41, 5.74) is 2.36. The first kappa shape index (κ1) is 32.0. The summed E-state index contributed by atoms with van der Waals surface area (Å²) in [6.07, 6.45) is 5.18. The number of carbonyl (C=O) groups excluding carboxylic acids is 1. The number of aromatic nitrogens is 1. The van der Waals surface area contributed by atoms with E-state index >= 15 is 0 Å². The molecule has 0 fully saturated rings. The number of anilines is 1. The van der Waals surface area contributed by atoms with Crippen molar-refractivity contribution < 1.29 is 43.4 Å². The monoisotopic (exact) mass is 583 g/mol. The Morgan fingerprint density at radius 1 is 1.00 bits per heavy atom. The fourth-order valence-electron chi connectivity index (χ4n) is 4.16. The van der Waals surface area contributed by atoms with Gasteiger partial charge in [0.15, 0.2) is 0 Å². The van der Waals surface area contributed by atoms with Gasteiger partial charge in [0.05, 0.1) is 23.3 Å². The number of amides is 1. The van der Waals surface area contributed by atoms with Crippen LogP contribution in [0.15, 0.2) is 108 Å². The van der Waals surface area contributed by atoms with Crippen LogP contribution in [-0.2, 0) is 21.4 Å². The number of pyridine rings is 1. The van der Waals surface area contributed by atoms with Gasteiger partial charge in [-0.2, -0.15) is 11.8 Å². The number of carboxylic acids is 1. The van der Waals surface area contributed by atoms with Crippen molar-refractivity contribution in [3.8, 4) is 11.1 Å². The maximum atomic E-state index is 14.1. The number of carboxylic acid groups (broad SMARTS) is 1. The summed E-state index contributed by atoms with van der Waals surface area (Å²) in [7, 11) is -4.11. The average Bonchev–Trinajstić information content (AvgIpc) is 2.98. The van der Waals surface area contributed by atoms with Gasteiger partial charge in [0.1, 0.15) is 6.04 Å². The predicted molar refractivity (Wildman–Crippen MR) is 159 cm³/mol. The van der Waals surface area contributed by atoms with Crippen LogP contribution in [0.3, 0.4) is 0 Å². The second kappa shape index (κ2) is 14.9. The zero-order chi connectivity index (χ0) is 28.5. The molecule has 4 aromatic rings. The molecule has 0 saturated carbocycles. The Hall–Kier alpha value is -3.55. The first-order valence-electron chi connectivity index (χ1n) is 12.5. The van der Waals surface area contributed by atoms with Crippen LogP contribution in [0.25, 0.3) is 11.1 Å². The third-order valence-electron chi connectivity index (χ3n) is 6.23. The molecule has 0 aliphatic rings. The fourth-order valence-corrected chi connectivity index (χ4v) is 6.10. The molecule has 0 saturated heterocycles. The second-order valence-corrected chi connectivity index (χ2v) is 11.8. The molecule has 1 unspecified atom stereocenters. The number of sulfonamides is 1. The first-order chi connectivity index (χ1) is 19.3. The third kappa shape index (κ3) is 8.02. The van der Waals surface area contributed by atoms with Gasteiger partial charge in [0.2, 0.25) is 0 Å². The quantitative estimate of drug-likeness (QED) is 0.246. The van der Waals surface area contributed by atoms with E-state index in [2.05, 4.69) is 10.3 Å². The van der Waals surface area contributed by atoms with Gasteiger partial charge < -0.3 is 11.8 Å². The second-order valence-electron chi connectivity index (χ2n) is 8.93. The number of carbonyl (C=O) groups is 2. The molecule has 2 N–H and O–H groups in total. The van der Waals surface area contributed by atoms with Crippen molar-refractivity contribution in [1.29, 1.82) is 0 Å². The number of nitrogens with zero attached hydrogens (tertiary/aromatic N) is 2. The van der Waals surface area contributed by atoms with Gasteiger partial charge >= 0.3 is 24.8 Å². The summed E-state index contributed by atoms with van der Waals surface area (Å²) in [4.78, 5) is 29.2. The first-order valence-corrected chi connectivity index (χ1v) is 15.3. The van der Waals surface area contributed by atoms with Crippen molar-refractivity contribution >= 4 is 39.3 Å². The van der Waals surface area contributed by atoms with E-state index in [1.165, 1.54) is 40.5 Å². The van der Waals surface area contributed by atoms with Crippen LogP contribution in [0, 0.1) is 0 Å². The Morgan fingerprint density at radius 3 is 2.29 bits per heavy atom. The molecular formula is C30H30LiN3O5S2. The number of benzene rings is 3. The molecule has 11 heteroatoms. The van der Waals surface area contributed by atoms with E-state index in [4.69, 9.17) is 0 Å². The normalized spacial score (nSPS) is 11.6. The third-order valence-corrected chi connectivity index (χ3v) is 8.64. The van der Waals surface area contributed by atoms with Gasteiger partial charge in [0, 0.05) is 11.8 Å². The molecule has 1 aromatic heterocycles. The van der Waals surface area contributed by atoms with Crippen molar-refractivity contribution in [2.24, 2.45) is 0 Å². The van der Waals surface area contributed by atoms with Crippen LogP contribution in [-0.4, -0.2) is 48.4 Å². The number of thioether (sulfide) groups is 1. The number of rotatable bonds is 12. The Balaban J connectivity index is 0.00000308. The van der Waals surface area contributed by atoms with E-state index in [0.29, 0.717) is 22.6 Å². The molecule has 1 amide bonds. The Labute approximate surface area is 257 Å². The van der Waals surface area contributed by atoms with Crippen molar-refractivity contribution in [2.45, 2.75) is 23.9 Å². The van der Waals surface area contributed by atoms with Gasteiger partial charge in [-0.1, -0.05) is 60.7 Å². The minimum absolute atomic E-state index is 0. The van der Waals surface area contributed by atoms with Crippen LogP contribution >= 0.6 is 11.8 Å². The van der Waals surface area contributed by atoms with Gasteiger partial charge in [-0.3, -0.25) is 14.1 Å². The van der Waals surface area contributed by atoms with E-state index in [0.717, 1.165) is 5.56 Å². The molecular weight excluding hydrogens is 553 g/mol. The van der Waals surface area contributed by atoms with Gasteiger partial charge in [-0.05, 0) is 65.5 Å². The van der Waals surface area contributed by atoms with Gasteiger partial charge in [-0.15, -0.1) is 0 Å². The van der Waals surface area contributed by atoms with E-state index in [1.807, 2.05) is 42.7 Å². The summed E-state index contributed by atoms with van der Waals surface area (Å²) in [6.45, 7) is 0.0769. The number of aliphatic carboxylic acids is 1. The molecule has 1 heterocycles. The van der Waals surface area contributed by atoms with Crippen molar-refractivity contribution in [2.75, 3.05) is 16.3 Å². The molecule has 208 valence electrons. The molecule has 4 rings (SSSR count). The molecule has 0 spiro atoms. The van der Waals surface area contributed by atoms with Crippen LogP contribution in [0.4, 0.5) is 5.69 Å². The van der Waals surface area contributed by atoms with E-state index < -0.39 is 27.9 Å². The van der Waals surface area contributed by atoms with Crippen molar-refractivity contribution in [3.05, 3.63) is 115 Å². The van der Waals surface area contributed by atoms with Crippen molar-refractivity contribution in [1.82, 2.24) is 10.3 Å². The SMILES string of the molecule is CSCCC(NC(=O)c1ccc(S(=O)(=O)N(Cc2ccccc2)c2cccnc2)cc1-c1ccccc1)C(=O)O.[H-].[Li+]. The minimum atomic E-state index is -4.11. The molecule has 0 aliphatic carbocycles. The van der Waals surface area contributed by atoms with Crippen molar-refractivity contribution in [3.63, 3.8) is 0 Å². The summed E-state index contributed by atoms with van der Waals surface area (Å²) in [5.74, 6) is -1.16. The minimum Gasteiger partial charge on any atom is -1.00 e. The molecule has 3 aromatic carbocycles. The Kier molecular flexibility index (Phi) is 11.6. The smallest absolute Gasteiger partial charge is 1.00 e. The standard InChI is InChI=1S/C30H29N3O5S2.Li.H/c1-39-18-16-28(30(35)36)32-29(34)26-15-14-25(19-27(26)23-11-6-3-7-12-23)40(37,38)33(24-13-8-17-31-20-24)21-22-9-4-2-5-10-22;;/h2-15,17,19-20,28H,16,18,21H2,1H3,(H,32,34)(H,35,36);;/q;+1;-1. The molecule has 0 radical (unpaired) electrons. The summed E-state index contributed by atoms with van der Waals surface area (Å²) < 4.78 is 29.5. The van der Waals surface area contributed by atoms with E-state index in [-0.39, 0.29) is 43.7 Å². The molecule has 1 atom stereocenters. The summed E-state index contributed by atoms with van der Waals surface area (Å²) in [5, 5.41) is 12.2. The molecule has 41 heavy (non-hydrogen) atoms. The van der Waals surface area contributed by atoms with Crippen LogP contribution < -0.4 is 28.5 Å². The van der Waals surface area contributed by atoms with Gasteiger partial charge in [0.25, 0.3) is 15.9 Å². The number of hydrogen-bond acceptors (Lipinski definition) is 6. The maximum Gasteiger partial charge on any atom is 1.00 e. The van der Waals surface area contributed by atoms with Crippen LogP contribution in [0.5, 0.6) is 0 Å². The molecule has 0 bridgehead atoms. The zero-order valence-electron chi connectivity index (χ0n) is 23.8. The zero-order valence-corrected chi connectivity index (χ0v) is 24.4. The number of nitrogens with one attached hydrogen (secondary N) is 1. The van der Waals surface area contributed by atoms with Crippen LogP contribution in [0.1, 0.15) is 23.8 Å². The molecule has 8 nitrogen and oxygen atoms in total. The average molecular weight is 584 g/mol. The maximum absolute atomic E-state index is 14.1.